The van der Waals surface area contributed by atoms with Gasteiger partial charge in [-0.15, -0.1) is 0 Å². The smallest absolute Gasteiger partial charge is 0.0230 e. The monoisotopic (exact) mass is 234 g/mol. The predicted octanol–water partition coefficient (Wildman–Crippen LogP) is 5.19. The molecule has 0 bridgehead atoms. The summed E-state index contributed by atoms with van der Waals surface area (Å²) < 4.78 is 0. The van der Waals surface area contributed by atoms with Gasteiger partial charge in [0.25, 0.3) is 0 Å². The second-order valence-electron chi connectivity index (χ2n) is 4.32. The molecule has 0 nitrogen and oxygen atoms in total. The van der Waals surface area contributed by atoms with Gasteiger partial charge in [-0.05, 0) is 29.5 Å². The van der Waals surface area contributed by atoms with Crippen LogP contribution < -0.4 is 0 Å². The van der Waals surface area contributed by atoms with E-state index in [0.29, 0.717) is 0 Å². The Morgan fingerprint density at radius 3 is 2.17 bits per heavy atom. The first-order chi connectivity index (χ1) is 8.86. The van der Waals surface area contributed by atoms with Crippen molar-refractivity contribution >= 4 is 11.6 Å². The van der Waals surface area contributed by atoms with Crippen molar-refractivity contribution in [2.24, 2.45) is 0 Å². The zero-order chi connectivity index (χ0) is 12.6. The highest BCUT2D eigenvalue weighted by molar-refractivity contribution is 5.63. The minimum absolute atomic E-state index is 1.01. The van der Waals surface area contributed by atoms with Crippen LogP contribution in [-0.2, 0) is 0 Å². The normalized spacial score (nSPS) is 10.7. The largest absolute Gasteiger partial charge is 0.0952 e. The van der Waals surface area contributed by atoms with Crippen molar-refractivity contribution in [3.8, 4) is 0 Å². The molecule has 0 spiro atoms. The minimum atomic E-state index is 1.01. The van der Waals surface area contributed by atoms with Gasteiger partial charge in [0.1, 0.15) is 0 Å². The molecule has 0 aliphatic carbocycles. The van der Waals surface area contributed by atoms with Crippen molar-refractivity contribution in [2.45, 2.75) is 12.8 Å². The van der Waals surface area contributed by atoms with Gasteiger partial charge in [-0.25, -0.2) is 0 Å². The molecule has 0 amide bonds. The lowest BCUT2D eigenvalue weighted by Crippen LogP contribution is -1.81. The van der Waals surface area contributed by atoms with Crippen LogP contribution in [0.3, 0.4) is 0 Å². The van der Waals surface area contributed by atoms with Gasteiger partial charge in [-0.3, -0.25) is 0 Å². The maximum absolute atomic E-state index is 4.14. The average Bonchev–Trinajstić information content (AvgIpc) is 2.45. The van der Waals surface area contributed by atoms with Gasteiger partial charge in [-0.2, -0.15) is 0 Å². The van der Waals surface area contributed by atoms with Gasteiger partial charge in [0.15, 0.2) is 0 Å². The van der Waals surface area contributed by atoms with Crippen molar-refractivity contribution in [1.82, 2.24) is 0 Å². The Bertz CT molecular complexity index is 506. The summed E-state index contributed by atoms with van der Waals surface area (Å²) in [6, 6.07) is 20.8. The van der Waals surface area contributed by atoms with E-state index >= 15 is 0 Å². The van der Waals surface area contributed by atoms with Crippen molar-refractivity contribution in [3.05, 3.63) is 84.4 Å². The highest BCUT2D eigenvalue weighted by Crippen LogP contribution is 2.17. The highest BCUT2D eigenvalue weighted by Gasteiger charge is 1.95. The SMILES string of the molecule is C=C(CC/C=C/c1ccccc1)c1ccccc1. The molecule has 18 heavy (non-hydrogen) atoms. The van der Waals surface area contributed by atoms with E-state index in [9.17, 15) is 0 Å². The van der Waals surface area contributed by atoms with E-state index in [0.717, 1.165) is 12.8 Å². The number of hydrogen-bond donors (Lipinski definition) is 0. The van der Waals surface area contributed by atoms with Gasteiger partial charge in [0.2, 0.25) is 0 Å². The molecular formula is C18H18. The topological polar surface area (TPSA) is 0 Å². The quantitative estimate of drug-likeness (QED) is 0.667. The van der Waals surface area contributed by atoms with E-state index in [2.05, 4.69) is 67.3 Å². The molecule has 2 rings (SSSR count). The molecule has 90 valence electrons. The molecule has 0 aliphatic rings. The summed E-state index contributed by atoms with van der Waals surface area (Å²) in [5.41, 5.74) is 3.70. The third-order valence-electron chi connectivity index (χ3n) is 2.90. The first-order valence-corrected chi connectivity index (χ1v) is 6.31. The van der Waals surface area contributed by atoms with Gasteiger partial charge >= 0.3 is 0 Å². The van der Waals surface area contributed by atoms with Crippen LogP contribution in [0.15, 0.2) is 73.3 Å². The van der Waals surface area contributed by atoms with Crippen LogP contribution in [0.5, 0.6) is 0 Å². The lowest BCUT2D eigenvalue weighted by Gasteiger charge is -2.03. The van der Waals surface area contributed by atoms with Gasteiger partial charge in [0, 0.05) is 0 Å². The molecule has 0 radical (unpaired) electrons. The number of allylic oxidation sites excluding steroid dienone is 2. The van der Waals surface area contributed by atoms with Crippen molar-refractivity contribution in [2.75, 3.05) is 0 Å². The maximum atomic E-state index is 4.14. The van der Waals surface area contributed by atoms with Crippen molar-refractivity contribution in [3.63, 3.8) is 0 Å². The third-order valence-corrected chi connectivity index (χ3v) is 2.90. The number of hydrogen-bond acceptors (Lipinski definition) is 0. The zero-order valence-electron chi connectivity index (χ0n) is 10.5. The average molecular weight is 234 g/mol. The minimum Gasteiger partial charge on any atom is -0.0952 e. The molecule has 2 aromatic rings. The molecule has 0 N–H and O–H groups in total. The molecule has 0 aliphatic heterocycles. The van der Waals surface area contributed by atoms with Gasteiger partial charge in [0.05, 0.1) is 0 Å². The van der Waals surface area contributed by atoms with Gasteiger partial charge < -0.3 is 0 Å². The maximum Gasteiger partial charge on any atom is -0.0230 e. The van der Waals surface area contributed by atoms with Gasteiger partial charge in [-0.1, -0.05) is 79.4 Å². The Balaban J connectivity index is 1.83. The van der Waals surface area contributed by atoms with E-state index in [1.165, 1.54) is 16.7 Å². The van der Waals surface area contributed by atoms with E-state index in [-0.39, 0.29) is 0 Å². The first-order valence-electron chi connectivity index (χ1n) is 6.31. The Hall–Kier alpha value is -2.08. The van der Waals surface area contributed by atoms with Crippen molar-refractivity contribution in [1.29, 1.82) is 0 Å². The first kappa shape index (κ1) is 12.4. The summed E-state index contributed by atoms with van der Waals surface area (Å²) >= 11 is 0. The molecule has 0 fully saturated rings. The van der Waals surface area contributed by atoms with Crippen LogP contribution in [0, 0.1) is 0 Å². The molecule has 0 heterocycles. The second-order valence-corrected chi connectivity index (χ2v) is 4.32. The van der Waals surface area contributed by atoms with E-state index in [1.807, 2.05) is 12.1 Å². The predicted molar refractivity (Wildman–Crippen MR) is 80.2 cm³/mol. The fourth-order valence-electron chi connectivity index (χ4n) is 1.86. The number of rotatable bonds is 5. The Kier molecular flexibility index (Phi) is 4.54. The molecule has 2 aromatic carbocycles. The molecule has 0 heteroatoms. The summed E-state index contributed by atoms with van der Waals surface area (Å²) in [4.78, 5) is 0. The molecule has 0 aromatic heterocycles. The molecule has 0 saturated carbocycles. The van der Waals surface area contributed by atoms with E-state index in [4.69, 9.17) is 0 Å². The lowest BCUT2D eigenvalue weighted by atomic mass is 10.0. The molecule has 0 saturated heterocycles. The highest BCUT2D eigenvalue weighted by atomic mass is 14.0. The Labute approximate surface area is 109 Å². The lowest BCUT2D eigenvalue weighted by molar-refractivity contribution is 1.08. The molecular weight excluding hydrogens is 216 g/mol. The van der Waals surface area contributed by atoms with Crippen LogP contribution in [0.4, 0.5) is 0 Å². The zero-order valence-corrected chi connectivity index (χ0v) is 10.5. The second kappa shape index (κ2) is 6.61. The van der Waals surface area contributed by atoms with Crippen LogP contribution in [0.2, 0.25) is 0 Å². The summed E-state index contributed by atoms with van der Waals surface area (Å²) in [5, 5.41) is 0. The summed E-state index contributed by atoms with van der Waals surface area (Å²) in [6.45, 7) is 4.14. The fourth-order valence-corrected chi connectivity index (χ4v) is 1.86. The van der Waals surface area contributed by atoms with Crippen LogP contribution in [0.1, 0.15) is 24.0 Å². The third kappa shape index (κ3) is 3.74. The van der Waals surface area contributed by atoms with E-state index in [1.54, 1.807) is 0 Å². The summed E-state index contributed by atoms with van der Waals surface area (Å²) in [5.74, 6) is 0. The summed E-state index contributed by atoms with van der Waals surface area (Å²) in [6.07, 6.45) is 6.41. The standard InChI is InChI=1S/C18H18/c1-16(18-14-6-3-7-15-18)10-8-9-13-17-11-4-2-5-12-17/h2-7,9,11-15H,1,8,10H2/b13-9+. The van der Waals surface area contributed by atoms with Crippen LogP contribution in [-0.4, -0.2) is 0 Å². The van der Waals surface area contributed by atoms with E-state index < -0.39 is 0 Å². The Morgan fingerprint density at radius 2 is 1.50 bits per heavy atom. The van der Waals surface area contributed by atoms with Crippen molar-refractivity contribution < 1.29 is 0 Å². The Morgan fingerprint density at radius 1 is 0.889 bits per heavy atom. The fraction of sp³-hybridized carbons (Fsp3) is 0.111. The number of benzene rings is 2. The molecule has 0 unspecified atom stereocenters. The summed E-state index contributed by atoms with van der Waals surface area (Å²) in [7, 11) is 0. The van der Waals surface area contributed by atoms with Crippen LogP contribution in [0.25, 0.3) is 11.6 Å². The molecule has 0 atom stereocenters. The van der Waals surface area contributed by atoms with Crippen LogP contribution >= 0.6 is 0 Å².